The Labute approximate surface area is 229 Å². The van der Waals surface area contributed by atoms with Gasteiger partial charge in [-0.25, -0.2) is 4.39 Å². The van der Waals surface area contributed by atoms with E-state index in [9.17, 15) is 14.0 Å². The molecule has 4 rings (SSSR count). The Morgan fingerprint density at radius 3 is 2.29 bits per heavy atom. The van der Waals surface area contributed by atoms with E-state index >= 15 is 0 Å². The quantitative estimate of drug-likeness (QED) is 0.436. The Morgan fingerprint density at radius 2 is 1.66 bits per heavy atom. The van der Waals surface area contributed by atoms with Gasteiger partial charge in [-0.15, -0.1) is 0 Å². The smallest absolute Gasteiger partial charge is 0.256 e. The lowest BCUT2D eigenvalue weighted by Gasteiger charge is -2.34. The normalized spacial score (nSPS) is 18.8. The molecular weight excluding hydrogens is 505 g/mol. The molecule has 0 bridgehead atoms. The third kappa shape index (κ3) is 6.86. The number of carbonyl (C=O) groups is 2. The van der Waals surface area contributed by atoms with Gasteiger partial charge in [0.2, 0.25) is 5.91 Å². The van der Waals surface area contributed by atoms with Crippen molar-refractivity contribution in [2.24, 2.45) is 0 Å². The van der Waals surface area contributed by atoms with E-state index in [1.807, 2.05) is 36.1 Å². The Morgan fingerprint density at radius 1 is 1.00 bits per heavy atom. The molecular formula is C28H36FN5O3S. The van der Waals surface area contributed by atoms with Crippen molar-refractivity contribution in [2.75, 3.05) is 62.6 Å². The van der Waals surface area contributed by atoms with E-state index in [0.717, 1.165) is 45.7 Å². The van der Waals surface area contributed by atoms with Crippen LogP contribution in [0.1, 0.15) is 26.7 Å². The van der Waals surface area contributed by atoms with E-state index in [1.54, 1.807) is 0 Å². The van der Waals surface area contributed by atoms with Crippen LogP contribution in [0.25, 0.3) is 0 Å². The van der Waals surface area contributed by atoms with Crippen LogP contribution in [-0.2, 0) is 9.59 Å². The lowest BCUT2D eigenvalue weighted by atomic mass is 10.1. The molecule has 2 amide bonds. The molecule has 8 nitrogen and oxygen atoms in total. The lowest BCUT2D eigenvalue weighted by molar-refractivity contribution is -0.124. The molecule has 1 N–H and O–H groups in total. The first-order chi connectivity index (χ1) is 18.4. The molecule has 2 heterocycles. The average Bonchev–Trinajstić information content (AvgIpc) is 3.15. The maximum atomic E-state index is 13.6. The van der Waals surface area contributed by atoms with Crippen molar-refractivity contribution in [2.45, 2.75) is 32.7 Å². The van der Waals surface area contributed by atoms with E-state index in [1.165, 1.54) is 29.2 Å². The summed E-state index contributed by atoms with van der Waals surface area (Å²) in [7, 11) is 0. The van der Waals surface area contributed by atoms with Crippen LogP contribution < -0.4 is 15.0 Å². The van der Waals surface area contributed by atoms with Gasteiger partial charge in [-0.1, -0.05) is 6.92 Å². The lowest BCUT2D eigenvalue weighted by Crippen LogP contribution is -2.47. The van der Waals surface area contributed by atoms with Crippen molar-refractivity contribution in [3.05, 3.63) is 54.3 Å². The van der Waals surface area contributed by atoms with Gasteiger partial charge in [0.1, 0.15) is 17.6 Å². The minimum absolute atomic E-state index is 0.0565. The SMILES string of the molecule is CCOc1ccc(N2C(=O)[C@H](CC(=O)Nc3ccc(F)cc3)N(CCCN3CCN(CC)CC3)C2=S)cc1. The highest BCUT2D eigenvalue weighted by molar-refractivity contribution is 7.80. The van der Waals surface area contributed by atoms with Crippen molar-refractivity contribution in [3.63, 3.8) is 0 Å². The number of hydrogen-bond acceptors (Lipinski definition) is 6. The summed E-state index contributed by atoms with van der Waals surface area (Å²) in [6.45, 7) is 11.4. The summed E-state index contributed by atoms with van der Waals surface area (Å²) < 4.78 is 18.8. The average molecular weight is 542 g/mol. The van der Waals surface area contributed by atoms with E-state index in [-0.39, 0.29) is 24.1 Å². The van der Waals surface area contributed by atoms with Crippen LogP contribution in [0.4, 0.5) is 15.8 Å². The highest BCUT2D eigenvalue weighted by Gasteiger charge is 2.44. The predicted molar refractivity (Wildman–Crippen MR) is 151 cm³/mol. The first-order valence-electron chi connectivity index (χ1n) is 13.3. The highest BCUT2D eigenvalue weighted by Crippen LogP contribution is 2.29. The number of anilines is 2. The molecule has 0 unspecified atom stereocenters. The zero-order valence-corrected chi connectivity index (χ0v) is 22.9. The second-order valence-electron chi connectivity index (χ2n) is 9.48. The monoisotopic (exact) mass is 541 g/mol. The summed E-state index contributed by atoms with van der Waals surface area (Å²) in [5.74, 6) is -0.228. The standard InChI is InChI=1S/C28H36FN5O3S/c1-3-31-16-18-32(19-17-31)14-5-15-33-25(20-26(35)30-22-8-6-21(29)7-9-22)27(36)34(28(33)38)23-10-12-24(13-11-23)37-4-2/h6-13,25H,3-5,14-20H2,1-2H3,(H,30,35)/t25-/m0/s1. The number of ether oxygens (including phenoxy) is 1. The Balaban J connectivity index is 1.45. The minimum atomic E-state index is -0.716. The number of thiocarbonyl (C=S) groups is 1. The highest BCUT2D eigenvalue weighted by atomic mass is 32.1. The van der Waals surface area contributed by atoms with Crippen LogP contribution in [0.3, 0.4) is 0 Å². The first-order valence-corrected chi connectivity index (χ1v) is 13.7. The molecule has 2 saturated heterocycles. The molecule has 0 aliphatic carbocycles. The van der Waals surface area contributed by atoms with Gasteiger partial charge < -0.3 is 24.8 Å². The maximum Gasteiger partial charge on any atom is 0.256 e. The van der Waals surface area contributed by atoms with Gasteiger partial charge in [-0.3, -0.25) is 14.5 Å². The van der Waals surface area contributed by atoms with E-state index in [4.69, 9.17) is 17.0 Å². The van der Waals surface area contributed by atoms with Crippen molar-refractivity contribution in [3.8, 4) is 5.75 Å². The Kier molecular flexibility index (Phi) is 9.65. The zero-order chi connectivity index (χ0) is 27.1. The molecule has 0 saturated carbocycles. The fourth-order valence-corrected chi connectivity index (χ4v) is 5.31. The zero-order valence-electron chi connectivity index (χ0n) is 22.1. The van der Waals surface area contributed by atoms with E-state index in [0.29, 0.717) is 35.4 Å². The number of carbonyl (C=O) groups excluding carboxylic acids is 2. The topological polar surface area (TPSA) is 68.4 Å². The van der Waals surface area contributed by atoms with Crippen LogP contribution in [0.5, 0.6) is 5.75 Å². The van der Waals surface area contributed by atoms with Crippen LogP contribution in [0.15, 0.2) is 48.5 Å². The number of halogens is 1. The second-order valence-corrected chi connectivity index (χ2v) is 9.85. The molecule has 1 atom stereocenters. The number of rotatable bonds is 11. The second kappa shape index (κ2) is 13.1. The van der Waals surface area contributed by atoms with Gasteiger partial charge in [0.15, 0.2) is 5.11 Å². The molecule has 2 fully saturated rings. The van der Waals surface area contributed by atoms with Crippen LogP contribution in [0, 0.1) is 5.82 Å². The molecule has 0 radical (unpaired) electrons. The molecule has 2 aromatic carbocycles. The molecule has 0 spiro atoms. The van der Waals surface area contributed by atoms with Gasteiger partial charge in [0, 0.05) is 38.4 Å². The number of nitrogens with zero attached hydrogens (tertiary/aromatic N) is 4. The number of nitrogens with one attached hydrogen (secondary N) is 1. The number of hydrogen-bond donors (Lipinski definition) is 1. The number of likely N-dealkylation sites (N-methyl/N-ethyl adjacent to an activating group) is 1. The van der Waals surface area contributed by atoms with Crippen molar-refractivity contribution >= 4 is 40.5 Å². The first kappa shape index (κ1) is 27.9. The molecule has 2 aliphatic heterocycles. The third-order valence-corrected chi connectivity index (χ3v) is 7.43. The van der Waals surface area contributed by atoms with Gasteiger partial charge in [0.25, 0.3) is 5.91 Å². The largest absolute Gasteiger partial charge is 0.494 e. The van der Waals surface area contributed by atoms with Gasteiger partial charge in [-0.05, 0) is 87.2 Å². The molecule has 2 aliphatic rings. The maximum absolute atomic E-state index is 13.6. The fourth-order valence-electron chi connectivity index (χ4n) is 4.90. The van der Waals surface area contributed by atoms with Gasteiger partial charge in [-0.2, -0.15) is 0 Å². The molecule has 10 heteroatoms. The van der Waals surface area contributed by atoms with Crippen molar-refractivity contribution in [1.29, 1.82) is 0 Å². The summed E-state index contributed by atoms with van der Waals surface area (Å²) in [4.78, 5) is 34.8. The number of amides is 2. The minimum Gasteiger partial charge on any atom is -0.494 e. The summed E-state index contributed by atoms with van der Waals surface area (Å²) in [6.07, 6.45) is 0.770. The van der Waals surface area contributed by atoms with Crippen LogP contribution in [0.2, 0.25) is 0 Å². The summed E-state index contributed by atoms with van der Waals surface area (Å²) >= 11 is 5.79. The summed E-state index contributed by atoms with van der Waals surface area (Å²) in [5.41, 5.74) is 1.12. The third-order valence-electron chi connectivity index (χ3n) is 7.02. The molecule has 204 valence electrons. The van der Waals surface area contributed by atoms with Crippen molar-refractivity contribution < 1.29 is 18.7 Å². The van der Waals surface area contributed by atoms with Crippen LogP contribution in [-0.4, -0.2) is 90.1 Å². The fraction of sp³-hybridized carbons (Fsp3) is 0.464. The molecule has 0 aromatic heterocycles. The molecule has 38 heavy (non-hydrogen) atoms. The predicted octanol–water partition coefficient (Wildman–Crippen LogP) is 3.58. The number of piperazine rings is 1. The van der Waals surface area contributed by atoms with E-state index < -0.39 is 6.04 Å². The number of benzene rings is 2. The van der Waals surface area contributed by atoms with Gasteiger partial charge >= 0.3 is 0 Å². The Bertz CT molecular complexity index is 1110. The summed E-state index contributed by atoms with van der Waals surface area (Å²) in [6, 6.07) is 12.1. The van der Waals surface area contributed by atoms with Crippen molar-refractivity contribution in [1.82, 2.24) is 14.7 Å². The van der Waals surface area contributed by atoms with E-state index in [2.05, 4.69) is 22.0 Å². The molecule has 2 aromatic rings. The summed E-state index contributed by atoms with van der Waals surface area (Å²) in [5, 5.41) is 3.17. The Hall–Kier alpha value is -3.08. The van der Waals surface area contributed by atoms with Crippen LogP contribution >= 0.6 is 12.2 Å². The van der Waals surface area contributed by atoms with Gasteiger partial charge in [0.05, 0.1) is 18.7 Å².